The van der Waals surface area contributed by atoms with Gasteiger partial charge in [0.05, 0.1) is 0 Å². The maximum absolute atomic E-state index is 12.9. The van der Waals surface area contributed by atoms with Gasteiger partial charge in [-0.05, 0) is 0 Å². The third kappa shape index (κ3) is 2.18. The monoisotopic (exact) mass is 314 g/mol. The molecular formula is C6HF11O2. The fraction of sp³-hybridized carbons (Fsp3) is 0.833. The first kappa shape index (κ1) is 17.7. The summed E-state index contributed by atoms with van der Waals surface area (Å²) >= 11 is 0. The van der Waals surface area contributed by atoms with E-state index < -0.39 is 35.8 Å². The van der Waals surface area contributed by atoms with Gasteiger partial charge < -0.3 is 5.11 Å². The molecule has 0 aliphatic heterocycles. The minimum atomic E-state index is -7.66. The van der Waals surface area contributed by atoms with Crippen LogP contribution in [0.2, 0.25) is 0 Å². The topological polar surface area (TPSA) is 37.3 Å². The van der Waals surface area contributed by atoms with E-state index in [4.69, 9.17) is 5.11 Å². The highest BCUT2D eigenvalue weighted by atomic mass is 19.4. The van der Waals surface area contributed by atoms with E-state index in [1.54, 1.807) is 0 Å². The second-order valence-corrected chi connectivity index (χ2v) is 3.12. The van der Waals surface area contributed by atoms with Crippen LogP contribution >= 0.6 is 0 Å². The molecule has 0 spiro atoms. The van der Waals surface area contributed by atoms with Gasteiger partial charge >= 0.3 is 35.8 Å². The number of halogens is 11. The van der Waals surface area contributed by atoms with Gasteiger partial charge in [-0.1, -0.05) is 0 Å². The Kier molecular flexibility index (Phi) is 3.82. The number of hydrogen-bond acceptors (Lipinski definition) is 1. The lowest BCUT2D eigenvalue weighted by molar-refractivity contribution is -0.407. The van der Waals surface area contributed by atoms with E-state index in [0.29, 0.717) is 0 Å². The Morgan fingerprint density at radius 3 is 0.947 bits per heavy atom. The summed E-state index contributed by atoms with van der Waals surface area (Å²) in [6.07, 6.45) is -22.3. The van der Waals surface area contributed by atoms with Crippen LogP contribution in [0.15, 0.2) is 0 Å². The highest BCUT2D eigenvalue weighted by Crippen LogP contribution is 2.58. The summed E-state index contributed by atoms with van der Waals surface area (Å²) < 4.78 is 133. The predicted molar refractivity (Wildman–Crippen MR) is 33.5 cm³/mol. The molecule has 1 N–H and O–H groups in total. The second-order valence-electron chi connectivity index (χ2n) is 3.12. The molecule has 1 atom stereocenters. The van der Waals surface area contributed by atoms with Crippen LogP contribution in [0.25, 0.3) is 0 Å². The molecular weight excluding hydrogens is 313 g/mol. The lowest BCUT2D eigenvalue weighted by Crippen LogP contribution is -2.74. The van der Waals surface area contributed by atoms with Gasteiger partial charge in [0.25, 0.3) is 0 Å². The first-order valence-electron chi connectivity index (χ1n) is 3.76. The fourth-order valence-corrected chi connectivity index (χ4v) is 1.02. The lowest BCUT2D eigenvalue weighted by Gasteiger charge is -2.38. The van der Waals surface area contributed by atoms with Crippen LogP contribution in [-0.4, -0.2) is 40.9 Å². The third-order valence-corrected chi connectivity index (χ3v) is 1.94. The van der Waals surface area contributed by atoms with Crippen molar-refractivity contribution >= 4 is 5.97 Å². The summed E-state index contributed by atoms with van der Waals surface area (Å²) in [7, 11) is 0. The molecule has 0 fully saturated rings. The molecule has 0 rings (SSSR count). The van der Waals surface area contributed by atoms with Gasteiger partial charge in [0.15, 0.2) is 0 Å². The second kappa shape index (κ2) is 4.10. The predicted octanol–water partition coefficient (Wildman–Crippen LogP) is 3.17. The fourth-order valence-electron chi connectivity index (χ4n) is 1.02. The molecule has 0 heterocycles. The highest BCUT2D eigenvalue weighted by Gasteiger charge is 2.92. The van der Waals surface area contributed by atoms with Crippen LogP contribution in [-0.2, 0) is 4.79 Å². The van der Waals surface area contributed by atoms with E-state index in [1.165, 1.54) is 0 Å². The normalized spacial score (nSPS) is 18.1. The first-order chi connectivity index (χ1) is 7.94. The summed E-state index contributed by atoms with van der Waals surface area (Å²) in [6.45, 7) is 0. The van der Waals surface area contributed by atoms with Crippen LogP contribution < -0.4 is 0 Å². The molecule has 0 aliphatic rings. The molecule has 0 aliphatic carbocycles. The Bertz CT molecular complexity index is 349. The number of carbonyl (C=O) groups is 1. The molecule has 0 amide bonds. The van der Waals surface area contributed by atoms with Crippen molar-refractivity contribution in [1.82, 2.24) is 0 Å². The number of alkyl halides is 11. The Morgan fingerprint density at radius 2 is 0.895 bits per heavy atom. The standard InChI is InChI=1S/C6HF11O2/c7-2(1(18)19,4(9,10)11)3(8,5(12,13)14)6(15,16)17/h(H,18,19). The minimum Gasteiger partial charge on any atom is -0.479 e. The van der Waals surface area contributed by atoms with E-state index in [0.717, 1.165) is 0 Å². The van der Waals surface area contributed by atoms with E-state index in [1.807, 2.05) is 0 Å². The number of carboxylic acids is 1. The van der Waals surface area contributed by atoms with Crippen LogP contribution in [0.1, 0.15) is 0 Å². The summed E-state index contributed by atoms with van der Waals surface area (Å²) in [5.41, 5.74) is -14.9. The highest BCUT2D eigenvalue weighted by molar-refractivity contribution is 5.81. The molecule has 0 saturated carbocycles. The average molecular weight is 314 g/mol. The van der Waals surface area contributed by atoms with E-state index >= 15 is 0 Å². The number of aliphatic carboxylic acids is 1. The van der Waals surface area contributed by atoms with Crippen LogP contribution in [0.5, 0.6) is 0 Å². The molecule has 1 unspecified atom stereocenters. The molecule has 0 bridgehead atoms. The molecule has 2 nitrogen and oxygen atoms in total. The third-order valence-electron chi connectivity index (χ3n) is 1.94. The van der Waals surface area contributed by atoms with Crippen molar-refractivity contribution in [3.05, 3.63) is 0 Å². The van der Waals surface area contributed by atoms with E-state index in [2.05, 4.69) is 0 Å². The van der Waals surface area contributed by atoms with Gasteiger partial charge in [0.1, 0.15) is 0 Å². The first-order valence-corrected chi connectivity index (χ1v) is 3.76. The zero-order valence-electron chi connectivity index (χ0n) is 8.01. The smallest absolute Gasteiger partial charge is 0.437 e. The summed E-state index contributed by atoms with van der Waals surface area (Å²) in [6, 6.07) is 0. The van der Waals surface area contributed by atoms with Gasteiger partial charge in [-0.3, -0.25) is 0 Å². The average Bonchev–Trinajstić information content (AvgIpc) is 2.09. The van der Waals surface area contributed by atoms with E-state index in [9.17, 15) is 53.1 Å². The largest absolute Gasteiger partial charge is 0.479 e. The zero-order valence-corrected chi connectivity index (χ0v) is 8.01. The van der Waals surface area contributed by atoms with Crippen molar-refractivity contribution in [2.45, 2.75) is 29.9 Å². The summed E-state index contributed by atoms with van der Waals surface area (Å²) in [5.74, 6) is -4.31. The maximum atomic E-state index is 12.9. The van der Waals surface area contributed by atoms with E-state index in [-0.39, 0.29) is 0 Å². The zero-order chi connectivity index (χ0) is 16.1. The van der Waals surface area contributed by atoms with Gasteiger partial charge in [-0.2, -0.15) is 39.5 Å². The van der Waals surface area contributed by atoms with Crippen molar-refractivity contribution in [3.63, 3.8) is 0 Å². The molecule has 0 radical (unpaired) electrons. The van der Waals surface area contributed by atoms with Gasteiger partial charge in [-0.15, -0.1) is 0 Å². The molecule has 0 aromatic carbocycles. The molecule has 19 heavy (non-hydrogen) atoms. The number of rotatable bonds is 2. The quantitative estimate of drug-likeness (QED) is 0.795. The van der Waals surface area contributed by atoms with Gasteiger partial charge in [0.2, 0.25) is 0 Å². The minimum absolute atomic E-state index is 4.31. The Balaban J connectivity index is 6.54. The molecule has 0 saturated heterocycles. The van der Waals surface area contributed by atoms with Crippen molar-refractivity contribution in [1.29, 1.82) is 0 Å². The summed E-state index contributed by atoms with van der Waals surface area (Å²) in [5, 5.41) is 7.70. The molecule has 13 heteroatoms. The van der Waals surface area contributed by atoms with Crippen molar-refractivity contribution in [2.24, 2.45) is 0 Å². The Morgan fingerprint density at radius 1 is 0.632 bits per heavy atom. The van der Waals surface area contributed by atoms with Crippen LogP contribution in [0.4, 0.5) is 48.3 Å². The summed E-state index contributed by atoms with van der Waals surface area (Å²) in [4.78, 5) is 9.87. The van der Waals surface area contributed by atoms with Crippen LogP contribution in [0.3, 0.4) is 0 Å². The maximum Gasteiger partial charge on any atom is 0.437 e. The number of hydrogen-bond donors (Lipinski definition) is 1. The van der Waals surface area contributed by atoms with Gasteiger partial charge in [-0.25, -0.2) is 13.6 Å². The molecule has 0 aromatic heterocycles. The Hall–Kier alpha value is -1.30. The lowest BCUT2D eigenvalue weighted by atomic mass is 9.83. The SMILES string of the molecule is O=C(O)C(F)(C(F)(F)F)C(F)(C(F)(F)F)C(F)(F)F. The van der Waals surface area contributed by atoms with Crippen LogP contribution in [0, 0.1) is 0 Å². The molecule has 0 aromatic rings. The Labute approximate surface area is 95.3 Å². The van der Waals surface area contributed by atoms with Gasteiger partial charge in [0, 0.05) is 0 Å². The number of carboxylic acid groups (broad SMARTS) is 1. The van der Waals surface area contributed by atoms with Crippen molar-refractivity contribution in [3.8, 4) is 0 Å². The van der Waals surface area contributed by atoms with Crippen molar-refractivity contribution in [2.75, 3.05) is 0 Å². The molecule has 114 valence electrons. The van der Waals surface area contributed by atoms with Crippen molar-refractivity contribution < 1.29 is 58.2 Å².